The third kappa shape index (κ3) is 3.99. The molecule has 0 fully saturated rings. The van der Waals surface area contributed by atoms with Crippen molar-refractivity contribution in [2.45, 2.75) is 30.7 Å². The summed E-state index contributed by atoms with van der Waals surface area (Å²) in [6.07, 6.45) is 5.52. The summed E-state index contributed by atoms with van der Waals surface area (Å²) in [5.41, 5.74) is 7.07. The first kappa shape index (κ1) is 14.9. The van der Waals surface area contributed by atoms with Crippen molar-refractivity contribution in [1.82, 2.24) is 4.98 Å². The van der Waals surface area contributed by atoms with Crippen LogP contribution < -0.4 is 10.5 Å². The molecule has 106 valence electrons. The van der Waals surface area contributed by atoms with E-state index in [1.165, 1.54) is 4.90 Å². The van der Waals surface area contributed by atoms with Gasteiger partial charge in [-0.25, -0.2) is 4.98 Å². The Morgan fingerprint density at radius 1 is 1.25 bits per heavy atom. The van der Waals surface area contributed by atoms with E-state index in [1.54, 1.807) is 18.0 Å². The highest BCUT2D eigenvalue weighted by molar-refractivity contribution is 7.98. The van der Waals surface area contributed by atoms with Gasteiger partial charge >= 0.3 is 0 Å². The van der Waals surface area contributed by atoms with Crippen molar-refractivity contribution in [3.8, 4) is 11.6 Å². The lowest BCUT2D eigenvalue weighted by Crippen LogP contribution is -2.21. The van der Waals surface area contributed by atoms with Crippen LogP contribution in [0.15, 0.2) is 47.5 Å². The van der Waals surface area contributed by atoms with E-state index in [4.69, 9.17) is 10.5 Å². The number of aromatic nitrogens is 1. The number of thioether (sulfide) groups is 1. The topological polar surface area (TPSA) is 48.1 Å². The molecule has 1 heterocycles. The largest absolute Gasteiger partial charge is 0.439 e. The molecule has 4 heteroatoms. The molecule has 0 aliphatic heterocycles. The standard InChI is InChI=1S/C16H20N2OS/c1-3-13(17)11-12-5-4-10-18-16(12)19-14-6-8-15(20-2)9-7-14/h4-10,13H,3,11,17H2,1-2H3. The van der Waals surface area contributed by atoms with Gasteiger partial charge in [-0.1, -0.05) is 13.0 Å². The number of benzene rings is 1. The number of pyridine rings is 1. The van der Waals surface area contributed by atoms with E-state index >= 15 is 0 Å². The van der Waals surface area contributed by atoms with Crippen molar-refractivity contribution in [2.24, 2.45) is 5.73 Å². The second-order valence-corrected chi connectivity index (χ2v) is 5.50. The number of hydrogen-bond donors (Lipinski definition) is 1. The van der Waals surface area contributed by atoms with E-state index < -0.39 is 0 Å². The van der Waals surface area contributed by atoms with Crippen molar-refractivity contribution >= 4 is 11.8 Å². The lowest BCUT2D eigenvalue weighted by molar-refractivity contribution is 0.452. The lowest BCUT2D eigenvalue weighted by atomic mass is 10.1. The van der Waals surface area contributed by atoms with Gasteiger partial charge in [-0.2, -0.15) is 0 Å². The molecule has 0 aliphatic rings. The molecule has 0 radical (unpaired) electrons. The molecule has 20 heavy (non-hydrogen) atoms. The Hall–Kier alpha value is -1.52. The average molecular weight is 288 g/mol. The van der Waals surface area contributed by atoms with Gasteiger partial charge in [0.15, 0.2) is 0 Å². The maximum Gasteiger partial charge on any atom is 0.222 e. The Morgan fingerprint density at radius 2 is 2.00 bits per heavy atom. The molecule has 2 rings (SSSR count). The molecule has 2 N–H and O–H groups in total. The highest BCUT2D eigenvalue weighted by atomic mass is 32.2. The normalized spacial score (nSPS) is 12.2. The van der Waals surface area contributed by atoms with Crippen molar-refractivity contribution in [3.05, 3.63) is 48.2 Å². The fourth-order valence-electron chi connectivity index (χ4n) is 1.85. The van der Waals surface area contributed by atoms with Gasteiger partial charge in [0.2, 0.25) is 5.88 Å². The summed E-state index contributed by atoms with van der Waals surface area (Å²) >= 11 is 1.71. The minimum absolute atomic E-state index is 0.139. The SMILES string of the molecule is CCC(N)Cc1cccnc1Oc1ccc(SC)cc1. The summed E-state index contributed by atoms with van der Waals surface area (Å²) in [6.45, 7) is 2.09. The zero-order chi connectivity index (χ0) is 14.4. The minimum atomic E-state index is 0.139. The van der Waals surface area contributed by atoms with Crippen LogP contribution in [0.5, 0.6) is 11.6 Å². The third-order valence-electron chi connectivity index (χ3n) is 3.13. The van der Waals surface area contributed by atoms with Gasteiger partial charge in [0.1, 0.15) is 5.75 Å². The van der Waals surface area contributed by atoms with Crippen molar-refractivity contribution in [2.75, 3.05) is 6.26 Å². The maximum atomic E-state index is 6.02. The molecule has 1 unspecified atom stereocenters. The second-order valence-electron chi connectivity index (χ2n) is 4.62. The molecule has 0 bridgehead atoms. The van der Waals surface area contributed by atoms with Gasteiger partial charge in [-0.3, -0.25) is 0 Å². The summed E-state index contributed by atoms with van der Waals surface area (Å²) in [6, 6.07) is 12.1. The molecule has 0 spiro atoms. The first-order valence-electron chi connectivity index (χ1n) is 6.74. The Labute approximate surface area is 124 Å². The van der Waals surface area contributed by atoms with E-state index in [2.05, 4.69) is 18.2 Å². The van der Waals surface area contributed by atoms with Crippen LogP contribution in [0.25, 0.3) is 0 Å². The van der Waals surface area contributed by atoms with Gasteiger partial charge in [0, 0.05) is 22.7 Å². The Bertz CT molecular complexity index is 542. The summed E-state index contributed by atoms with van der Waals surface area (Å²) in [5.74, 6) is 1.45. The van der Waals surface area contributed by atoms with Crippen molar-refractivity contribution in [1.29, 1.82) is 0 Å². The maximum absolute atomic E-state index is 6.02. The molecule has 2 aromatic rings. The molecule has 3 nitrogen and oxygen atoms in total. The van der Waals surface area contributed by atoms with E-state index in [1.807, 2.05) is 36.4 Å². The summed E-state index contributed by atoms with van der Waals surface area (Å²) in [7, 11) is 0. The van der Waals surface area contributed by atoms with Crippen LogP contribution in [0.2, 0.25) is 0 Å². The number of rotatable bonds is 6. The number of ether oxygens (including phenoxy) is 1. The summed E-state index contributed by atoms with van der Waals surface area (Å²) < 4.78 is 5.88. The second kappa shape index (κ2) is 7.31. The molecular weight excluding hydrogens is 268 g/mol. The zero-order valence-corrected chi connectivity index (χ0v) is 12.7. The number of hydrogen-bond acceptors (Lipinski definition) is 4. The molecule has 1 atom stereocenters. The predicted molar refractivity (Wildman–Crippen MR) is 84.5 cm³/mol. The number of nitrogens with two attached hydrogens (primary N) is 1. The van der Waals surface area contributed by atoms with Crippen LogP contribution >= 0.6 is 11.8 Å². The molecule has 0 amide bonds. The Balaban J connectivity index is 2.15. The van der Waals surface area contributed by atoms with Crippen LogP contribution in [0, 0.1) is 0 Å². The van der Waals surface area contributed by atoms with Crippen LogP contribution in [0.4, 0.5) is 0 Å². The molecular formula is C16H20N2OS. The van der Waals surface area contributed by atoms with E-state index in [-0.39, 0.29) is 6.04 Å². The van der Waals surface area contributed by atoms with Crippen LogP contribution in [0.3, 0.4) is 0 Å². The van der Waals surface area contributed by atoms with Gasteiger partial charge in [-0.05, 0) is 49.4 Å². The molecule has 0 saturated heterocycles. The fourth-order valence-corrected chi connectivity index (χ4v) is 2.26. The van der Waals surface area contributed by atoms with Crippen LogP contribution in [0.1, 0.15) is 18.9 Å². The zero-order valence-electron chi connectivity index (χ0n) is 11.9. The van der Waals surface area contributed by atoms with Gasteiger partial charge in [0.05, 0.1) is 0 Å². The lowest BCUT2D eigenvalue weighted by Gasteiger charge is -2.13. The fraction of sp³-hybridized carbons (Fsp3) is 0.312. The summed E-state index contributed by atoms with van der Waals surface area (Å²) in [4.78, 5) is 5.54. The molecule has 0 aliphatic carbocycles. The van der Waals surface area contributed by atoms with Gasteiger partial charge in [0.25, 0.3) is 0 Å². The number of nitrogens with zero attached hydrogens (tertiary/aromatic N) is 1. The minimum Gasteiger partial charge on any atom is -0.439 e. The quantitative estimate of drug-likeness (QED) is 0.820. The Kier molecular flexibility index (Phi) is 5.44. The highest BCUT2D eigenvalue weighted by Gasteiger charge is 2.09. The van der Waals surface area contributed by atoms with Gasteiger partial charge < -0.3 is 10.5 Å². The smallest absolute Gasteiger partial charge is 0.222 e. The Morgan fingerprint density at radius 3 is 2.65 bits per heavy atom. The van der Waals surface area contributed by atoms with Crippen LogP contribution in [-0.2, 0) is 6.42 Å². The monoisotopic (exact) mass is 288 g/mol. The molecule has 0 saturated carbocycles. The van der Waals surface area contributed by atoms with Crippen LogP contribution in [-0.4, -0.2) is 17.3 Å². The third-order valence-corrected chi connectivity index (χ3v) is 3.87. The average Bonchev–Trinajstić information content (AvgIpc) is 2.50. The van der Waals surface area contributed by atoms with E-state index in [0.717, 1.165) is 24.2 Å². The highest BCUT2D eigenvalue weighted by Crippen LogP contribution is 2.26. The predicted octanol–water partition coefficient (Wildman–Crippen LogP) is 3.88. The molecule has 1 aromatic carbocycles. The van der Waals surface area contributed by atoms with Crippen molar-refractivity contribution < 1.29 is 4.74 Å². The molecule has 1 aromatic heterocycles. The first-order valence-corrected chi connectivity index (χ1v) is 7.96. The van der Waals surface area contributed by atoms with E-state index in [0.29, 0.717) is 5.88 Å². The summed E-state index contributed by atoms with van der Waals surface area (Å²) in [5, 5.41) is 0. The van der Waals surface area contributed by atoms with Crippen molar-refractivity contribution in [3.63, 3.8) is 0 Å². The van der Waals surface area contributed by atoms with Gasteiger partial charge in [-0.15, -0.1) is 11.8 Å². The first-order chi connectivity index (χ1) is 9.72. The van der Waals surface area contributed by atoms with E-state index in [9.17, 15) is 0 Å².